The van der Waals surface area contributed by atoms with Crippen LogP contribution < -0.4 is 10.1 Å². The van der Waals surface area contributed by atoms with Crippen molar-refractivity contribution < 1.29 is 13.2 Å². The minimum atomic E-state index is -2.92. The standard InChI is InChI=1S/C13H23N3O3S/c1-4-9-14-11(6-5-10-20(3,17)18)12-7-8-13(19-2)16-15-12/h7-8,11,14H,4-6,9-10H2,1-3H3. The largest absolute Gasteiger partial charge is 0.480 e. The van der Waals surface area contributed by atoms with E-state index >= 15 is 0 Å². The van der Waals surface area contributed by atoms with Gasteiger partial charge < -0.3 is 10.1 Å². The third kappa shape index (κ3) is 6.29. The van der Waals surface area contributed by atoms with E-state index < -0.39 is 9.84 Å². The molecule has 0 aliphatic rings. The lowest BCUT2D eigenvalue weighted by molar-refractivity contribution is 0.388. The number of aromatic nitrogens is 2. The predicted octanol–water partition coefficient (Wildman–Crippen LogP) is 1.35. The maximum atomic E-state index is 11.2. The molecule has 1 atom stereocenters. The molecule has 0 amide bonds. The van der Waals surface area contributed by atoms with E-state index in [1.807, 2.05) is 6.07 Å². The number of ether oxygens (including phenoxy) is 1. The Hall–Kier alpha value is -1.21. The average Bonchev–Trinajstić information content (AvgIpc) is 2.41. The van der Waals surface area contributed by atoms with Crippen LogP contribution in [-0.4, -0.2) is 44.3 Å². The molecule has 1 unspecified atom stereocenters. The monoisotopic (exact) mass is 301 g/mol. The van der Waals surface area contributed by atoms with Crippen LogP contribution in [-0.2, 0) is 9.84 Å². The molecule has 1 rings (SSSR count). The van der Waals surface area contributed by atoms with Crippen molar-refractivity contribution in [2.45, 2.75) is 32.2 Å². The zero-order valence-electron chi connectivity index (χ0n) is 12.3. The van der Waals surface area contributed by atoms with Gasteiger partial charge in [-0.2, -0.15) is 5.10 Å². The molecule has 0 aliphatic carbocycles. The van der Waals surface area contributed by atoms with Crippen LogP contribution in [0, 0.1) is 0 Å². The average molecular weight is 301 g/mol. The minimum Gasteiger partial charge on any atom is -0.480 e. The number of sulfone groups is 1. The van der Waals surface area contributed by atoms with Crippen LogP contribution in [0.3, 0.4) is 0 Å². The predicted molar refractivity (Wildman–Crippen MR) is 78.6 cm³/mol. The van der Waals surface area contributed by atoms with Crippen LogP contribution in [0.25, 0.3) is 0 Å². The molecular weight excluding hydrogens is 278 g/mol. The molecule has 0 bridgehead atoms. The maximum absolute atomic E-state index is 11.2. The lowest BCUT2D eigenvalue weighted by atomic mass is 10.1. The first kappa shape index (κ1) is 16.8. The van der Waals surface area contributed by atoms with Gasteiger partial charge in [0.2, 0.25) is 5.88 Å². The summed E-state index contributed by atoms with van der Waals surface area (Å²) in [5.74, 6) is 0.667. The summed E-state index contributed by atoms with van der Waals surface area (Å²) in [6, 6.07) is 3.65. The molecule has 20 heavy (non-hydrogen) atoms. The molecule has 7 heteroatoms. The van der Waals surface area contributed by atoms with Gasteiger partial charge >= 0.3 is 0 Å². The normalized spacial score (nSPS) is 13.2. The van der Waals surface area contributed by atoms with Crippen molar-refractivity contribution in [1.29, 1.82) is 0 Å². The summed E-state index contributed by atoms with van der Waals surface area (Å²) in [5, 5.41) is 11.5. The first-order valence-electron chi connectivity index (χ1n) is 6.75. The highest BCUT2D eigenvalue weighted by Crippen LogP contribution is 2.17. The number of nitrogens with zero attached hydrogens (tertiary/aromatic N) is 2. The summed E-state index contributed by atoms with van der Waals surface area (Å²) in [6.45, 7) is 2.94. The number of nitrogens with one attached hydrogen (secondary N) is 1. The Bertz CT molecular complexity index is 488. The van der Waals surface area contributed by atoms with Crippen molar-refractivity contribution in [3.05, 3.63) is 17.8 Å². The number of hydrogen-bond donors (Lipinski definition) is 1. The molecular formula is C13H23N3O3S. The molecule has 0 aliphatic heterocycles. The third-order valence-corrected chi connectivity index (χ3v) is 3.91. The molecule has 1 aromatic heterocycles. The molecule has 0 spiro atoms. The van der Waals surface area contributed by atoms with E-state index in [2.05, 4.69) is 22.4 Å². The lowest BCUT2D eigenvalue weighted by Crippen LogP contribution is -2.24. The molecule has 0 saturated carbocycles. The van der Waals surface area contributed by atoms with E-state index in [0.29, 0.717) is 18.7 Å². The summed E-state index contributed by atoms with van der Waals surface area (Å²) >= 11 is 0. The van der Waals surface area contributed by atoms with Gasteiger partial charge in [-0.05, 0) is 31.9 Å². The van der Waals surface area contributed by atoms with E-state index in [0.717, 1.165) is 18.7 Å². The van der Waals surface area contributed by atoms with Crippen molar-refractivity contribution in [2.24, 2.45) is 0 Å². The van der Waals surface area contributed by atoms with Gasteiger partial charge in [0.1, 0.15) is 9.84 Å². The highest BCUT2D eigenvalue weighted by molar-refractivity contribution is 7.90. The quantitative estimate of drug-likeness (QED) is 0.741. The van der Waals surface area contributed by atoms with Crippen molar-refractivity contribution in [1.82, 2.24) is 15.5 Å². The summed E-state index contributed by atoms with van der Waals surface area (Å²) < 4.78 is 27.3. The van der Waals surface area contributed by atoms with Crippen LogP contribution in [0.1, 0.15) is 37.9 Å². The van der Waals surface area contributed by atoms with E-state index in [1.54, 1.807) is 13.2 Å². The Kier molecular flexibility index (Phi) is 6.87. The van der Waals surface area contributed by atoms with Crippen LogP contribution >= 0.6 is 0 Å². The van der Waals surface area contributed by atoms with Gasteiger partial charge in [0.05, 0.1) is 18.8 Å². The number of rotatable bonds is 9. The van der Waals surface area contributed by atoms with Crippen molar-refractivity contribution in [3.63, 3.8) is 0 Å². The molecule has 114 valence electrons. The van der Waals surface area contributed by atoms with Crippen molar-refractivity contribution >= 4 is 9.84 Å². The molecule has 6 nitrogen and oxygen atoms in total. The van der Waals surface area contributed by atoms with Gasteiger partial charge in [-0.1, -0.05) is 6.92 Å². The molecule has 1 heterocycles. The molecule has 0 aromatic carbocycles. The van der Waals surface area contributed by atoms with Crippen LogP contribution in [0.15, 0.2) is 12.1 Å². The smallest absolute Gasteiger partial charge is 0.233 e. The molecule has 0 saturated heterocycles. The van der Waals surface area contributed by atoms with Crippen LogP contribution in [0.4, 0.5) is 0 Å². The summed E-state index contributed by atoms with van der Waals surface area (Å²) in [4.78, 5) is 0. The van der Waals surface area contributed by atoms with Crippen LogP contribution in [0.2, 0.25) is 0 Å². The Balaban J connectivity index is 2.66. The fourth-order valence-corrected chi connectivity index (χ4v) is 2.54. The zero-order valence-corrected chi connectivity index (χ0v) is 13.1. The summed E-state index contributed by atoms with van der Waals surface area (Å²) in [7, 11) is -1.37. The van der Waals surface area contributed by atoms with Gasteiger partial charge in [-0.15, -0.1) is 5.10 Å². The van der Waals surface area contributed by atoms with E-state index in [4.69, 9.17) is 4.74 Å². The summed E-state index contributed by atoms with van der Waals surface area (Å²) in [5.41, 5.74) is 0.813. The van der Waals surface area contributed by atoms with Crippen LogP contribution in [0.5, 0.6) is 5.88 Å². The second-order valence-corrected chi connectivity index (χ2v) is 7.04. The summed E-state index contributed by atoms with van der Waals surface area (Å²) in [6.07, 6.45) is 3.59. The van der Waals surface area contributed by atoms with E-state index in [-0.39, 0.29) is 11.8 Å². The molecule has 1 N–H and O–H groups in total. The van der Waals surface area contributed by atoms with E-state index in [1.165, 1.54) is 6.26 Å². The Morgan fingerprint density at radius 1 is 1.35 bits per heavy atom. The second-order valence-electron chi connectivity index (χ2n) is 4.78. The topological polar surface area (TPSA) is 81.2 Å². The second kappa shape index (κ2) is 8.16. The van der Waals surface area contributed by atoms with Gasteiger partial charge in [0.15, 0.2) is 0 Å². The first-order chi connectivity index (χ1) is 9.46. The van der Waals surface area contributed by atoms with Crippen molar-refractivity contribution in [2.75, 3.05) is 25.7 Å². The molecule has 0 fully saturated rings. The van der Waals surface area contributed by atoms with Gasteiger partial charge in [-0.25, -0.2) is 8.42 Å². The third-order valence-electron chi connectivity index (χ3n) is 2.88. The van der Waals surface area contributed by atoms with Crippen molar-refractivity contribution in [3.8, 4) is 5.88 Å². The van der Waals surface area contributed by atoms with Gasteiger partial charge in [0, 0.05) is 18.1 Å². The molecule has 0 radical (unpaired) electrons. The fourth-order valence-electron chi connectivity index (χ4n) is 1.85. The highest BCUT2D eigenvalue weighted by Gasteiger charge is 2.14. The zero-order chi connectivity index (χ0) is 15.0. The Labute approximate surface area is 120 Å². The SMILES string of the molecule is CCCNC(CCCS(C)(=O)=O)c1ccc(OC)nn1. The Morgan fingerprint density at radius 3 is 2.60 bits per heavy atom. The van der Waals surface area contributed by atoms with Gasteiger partial charge in [0.25, 0.3) is 0 Å². The van der Waals surface area contributed by atoms with Gasteiger partial charge in [-0.3, -0.25) is 0 Å². The van der Waals surface area contributed by atoms with E-state index in [9.17, 15) is 8.42 Å². The highest BCUT2D eigenvalue weighted by atomic mass is 32.2. The maximum Gasteiger partial charge on any atom is 0.233 e. The minimum absolute atomic E-state index is 0.0232. The lowest BCUT2D eigenvalue weighted by Gasteiger charge is -2.17. The Morgan fingerprint density at radius 2 is 2.10 bits per heavy atom. The fraction of sp³-hybridized carbons (Fsp3) is 0.692. The number of hydrogen-bond acceptors (Lipinski definition) is 6. The first-order valence-corrected chi connectivity index (χ1v) is 8.81. The number of methoxy groups -OCH3 is 1. The molecule has 1 aromatic rings.